The van der Waals surface area contributed by atoms with Crippen LogP contribution >= 0.6 is 0 Å². The van der Waals surface area contributed by atoms with E-state index in [-0.39, 0.29) is 18.4 Å². The number of piperidine rings is 1. The average molecular weight is 382 g/mol. The molecule has 0 atom stereocenters. The van der Waals surface area contributed by atoms with Crippen LogP contribution in [0.2, 0.25) is 0 Å². The number of rotatable bonds is 7. The fourth-order valence-corrected chi connectivity index (χ4v) is 3.22. The standard InChI is InChI=1S/C22H26N2O4/c1-27-19-9-7-18(8-10-19)22(26)23-15-17-11-13-24(14-12-17)21(25)16-28-20-5-3-2-4-6-20/h2-10,17H,11-16H2,1H3,(H,23,26). The Morgan fingerprint density at radius 2 is 1.68 bits per heavy atom. The molecule has 148 valence electrons. The van der Waals surface area contributed by atoms with Crippen LogP contribution in [0.1, 0.15) is 23.2 Å². The Hall–Kier alpha value is -3.02. The molecule has 1 aliphatic heterocycles. The molecule has 3 rings (SSSR count). The molecule has 2 aromatic rings. The lowest BCUT2D eigenvalue weighted by Gasteiger charge is -2.32. The molecule has 1 saturated heterocycles. The summed E-state index contributed by atoms with van der Waals surface area (Å²) in [7, 11) is 1.60. The Labute approximate surface area is 165 Å². The Kier molecular flexibility index (Phi) is 6.89. The first-order valence-electron chi connectivity index (χ1n) is 9.53. The molecular formula is C22H26N2O4. The predicted octanol–water partition coefficient (Wildman–Crippen LogP) is 2.74. The van der Waals surface area contributed by atoms with Crippen LogP contribution in [0.5, 0.6) is 11.5 Å². The molecule has 6 nitrogen and oxygen atoms in total. The highest BCUT2D eigenvalue weighted by Gasteiger charge is 2.23. The highest BCUT2D eigenvalue weighted by Crippen LogP contribution is 2.18. The smallest absolute Gasteiger partial charge is 0.260 e. The van der Waals surface area contributed by atoms with E-state index in [1.165, 1.54) is 0 Å². The third-order valence-electron chi connectivity index (χ3n) is 4.98. The number of nitrogens with zero attached hydrogens (tertiary/aromatic N) is 1. The van der Waals surface area contributed by atoms with E-state index in [0.717, 1.165) is 18.6 Å². The van der Waals surface area contributed by atoms with E-state index in [1.807, 2.05) is 35.2 Å². The van der Waals surface area contributed by atoms with Crippen molar-refractivity contribution < 1.29 is 19.1 Å². The van der Waals surface area contributed by atoms with Crippen LogP contribution in [0.25, 0.3) is 0 Å². The van der Waals surface area contributed by atoms with Gasteiger partial charge in [-0.1, -0.05) is 18.2 Å². The van der Waals surface area contributed by atoms with Crippen molar-refractivity contribution in [2.75, 3.05) is 33.4 Å². The number of carbonyl (C=O) groups excluding carboxylic acids is 2. The minimum atomic E-state index is -0.0857. The van der Waals surface area contributed by atoms with Gasteiger partial charge in [0.1, 0.15) is 11.5 Å². The monoisotopic (exact) mass is 382 g/mol. The number of likely N-dealkylation sites (tertiary alicyclic amines) is 1. The maximum Gasteiger partial charge on any atom is 0.260 e. The summed E-state index contributed by atoms with van der Waals surface area (Å²) in [6.07, 6.45) is 1.75. The van der Waals surface area contributed by atoms with E-state index in [0.29, 0.717) is 36.9 Å². The number of hydrogen-bond donors (Lipinski definition) is 1. The van der Waals surface area contributed by atoms with Crippen molar-refractivity contribution in [3.8, 4) is 11.5 Å². The summed E-state index contributed by atoms with van der Waals surface area (Å²) in [5.41, 5.74) is 0.617. The third kappa shape index (κ3) is 5.49. The Bertz CT molecular complexity index is 769. The topological polar surface area (TPSA) is 67.9 Å². The molecule has 2 aromatic carbocycles. The van der Waals surface area contributed by atoms with Crippen LogP contribution in [0.15, 0.2) is 54.6 Å². The molecule has 28 heavy (non-hydrogen) atoms. The summed E-state index contributed by atoms with van der Waals surface area (Å²) in [4.78, 5) is 26.4. The van der Waals surface area contributed by atoms with E-state index in [9.17, 15) is 9.59 Å². The molecule has 0 unspecified atom stereocenters. The fourth-order valence-electron chi connectivity index (χ4n) is 3.22. The number of carbonyl (C=O) groups is 2. The van der Waals surface area contributed by atoms with Gasteiger partial charge in [0.25, 0.3) is 11.8 Å². The second kappa shape index (κ2) is 9.78. The number of hydrogen-bond acceptors (Lipinski definition) is 4. The van der Waals surface area contributed by atoms with Crippen LogP contribution in [0.4, 0.5) is 0 Å². The molecule has 1 aliphatic rings. The van der Waals surface area contributed by atoms with E-state index < -0.39 is 0 Å². The van der Waals surface area contributed by atoms with Gasteiger partial charge in [-0.15, -0.1) is 0 Å². The van der Waals surface area contributed by atoms with Gasteiger partial charge in [-0.05, 0) is 55.2 Å². The lowest BCUT2D eigenvalue weighted by Crippen LogP contribution is -2.43. The van der Waals surface area contributed by atoms with E-state index >= 15 is 0 Å². The summed E-state index contributed by atoms with van der Waals surface area (Å²) in [6, 6.07) is 16.4. The summed E-state index contributed by atoms with van der Waals surface area (Å²) in [5, 5.41) is 2.99. The average Bonchev–Trinajstić information content (AvgIpc) is 2.77. The largest absolute Gasteiger partial charge is 0.497 e. The molecule has 0 radical (unpaired) electrons. The first kappa shape index (κ1) is 19.7. The van der Waals surface area contributed by atoms with Gasteiger partial charge in [0.2, 0.25) is 0 Å². The zero-order valence-electron chi connectivity index (χ0n) is 16.1. The summed E-state index contributed by atoms with van der Waals surface area (Å²) < 4.78 is 10.6. The summed E-state index contributed by atoms with van der Waals surface area (Å²) in [6.45, 7) is 2.07. The van der Waals surface area contributed by atoms with E-state index in [1.54, 1.807) is 31.4 Å². The number of ether oxygens (including phenoxy) is 2. The lowest BCUT2D eigenvalue weighted by molar-refractivity contribution is -0.134. The number of amides is 2. The van der Waals surface area contributed by atoms with Gasteiger partial charge >= 0.3 is 0 Å². The highest BCUT2D eigenvalue weighted by molar-refractivity contribution is 5.94. The lowest BCUT2D eigenvalue weighted by atomic mass is 9.96. The normalized spacial score (nSPS) is 14.4. The molecule has 0 spiro atoms. The maximum absolute atomic E-state index is 12.3. The zero-order chi connectivity index (χ0) is 19.8. The van der Waals surface area contributed by atoms with Gasteiger partial charge in [0.05, 0.1) is 7.11 Å². The van der Waals surface area contributed by atoms with Crippen molar-refractivity contribution in [1.29, 1.82) is 0 Å². The molecule has 2 amide bonds. The molecule has 1 heterocycles. The number of nitrogens with one attached hydrogen (secondary N) is 1. The first-order valence-corrected chi connectivity index (χ1v) is 9.53. The van der Waals surface area contributed by atoms with Crippen molar-refractivity contribution >= 4 is 11.8 Å². The highest BCUT2D eigenvalue weighted by atomic mass is 16.5. The second-order valence-corrected chi connectivity index (χ2v) is 6.86. The first-order chi connectivity index (χ1) is 13.7. The van der Waals surface area contributed by atoms with Crippen molar-refractivity contribution in [2.45, 2.75) is 12.8 Å². The molecular weight excluding hydrogens is 356 g/mol. The maximum atomic E-state index is 12.3. The van der Waals surface area contributed by atoms with Crippen LogP contribution in [0, 0.1) is 5.92 Å². The Morgan fingerprint density at radius 1 is 1.00 bits per heavy atom. The zero-order valence-corrected chi connectivity index (χ0v) is 16.1. The van der Waals surface area contributed by atoms with Gasteiger partial charge in [-0.25, -0.2) is 0 Å². The fraction of sp³-hybridized carbons (Fsp3) is 0.364. The molecule has 6 heteroatoms. The number of methoxy groups -OCH3 is 1. The Balaban J connectivity index is 1.37. The van der Waals surface area contributed by atoms with Crippen LogP contribution in [0.3, 0.4) is 0 Å². The quantitative estimate of drug-likeness (QED) is 0.800. The van der Waals surface area contributed by atoms with Crippen molar-refractivity contribution in [1.82, 2.24) is 10.2 Å². The number of para-hydroxylation sites is 1. The van der Waals surface area contributed by atoms with E-state index in [2.05, 4.69) is 5.32 Å². The molecule has 0 aromatic heterocycles. The minimum absolute atomic E-state index is 0.00423. The van der Waals surface area contributed by atoms with Gasteiger partial charge in [0.15, 0.2) is 6.61 Å². The number of benzene rings is 2. The Morgan fingerprint density at radius 3 is 2.32 bits per heavy atom. The van der Waals surface area contributed by atoms with Crippen LogP contribution in [-0.2, 0) is 4.79 Å². The van der Waals surface area contributed by atoms with Crippen molar-refractivity contribution in [2.24, 2.45) is 5.92 Å². The van der Waals surface area contributed by atoms with Crippen LogP contribution in [-0.4, -0.2) is 50.1 Å². The SMILES string of the molecule is COc1ccc(C(=O)NCC2CCN(C(=O)COc3ccccc3)CC2)cc1. The van der Waals surface area contributed by atoms with Crippen LogP contribution < -0.4 is 14.8 Å². The molecule has 1 fully saturated rings. The summed E-state index contributed by atoms with van der Waals surface area (Å²) >= 11 is 0. The third-order valence-corrected chi connectivity index (χ3v) is 4.98. The van der Waals surface area contributed by atoms with Crippen molar-refractivity contribution in [3.63, 3.8) is 0 Å². The summed E-state index contributed by atoms with van der Waals surface area (Å²) in [5.74, 6) is 1.72. The van der Waals surface area contributed by atoms with Gasteiger partial charge in [-0.3, -0.25) is 9.59 Å². The predicted molar refractivity (Wildman–Crippen MR) is 107 cm³/mol. The van der Waals surface area contributed by atoms with Gasteiger partial charge < -0.3 is 19.7 Å². The van der Waals surface area contributed by atoms with E-state index in [4.69, 9.17) is 9.47 Å². The van der Waals surface area contributed by atoms with Gasteiger partial charge in [-0.2, -0.15) is 0 Å². The molecule has 1 N–H and O–H groups in total. The minimum Gasteiger partial charge on any atom is -0.497 e. The molecule has 0 aliphatic carbocycles. The molecule has 0 saturated carbocycles. The van der Waals surface area contributed by atoms with Crippen molar-refractivity contribution in [3.05, 3.63) is 60.2 Å². The molecule has 0 bridgehead atoms. The van der Waals surface area contributed by atoms with Gasteiger partial charge in [0, 0.05) is 25.2 Å². The second-order valence-electron chi connectivity index (χ2n) is 6.86.